The predicted octanol–water partition coefficient (Wildman–Crippen LogP) is 2.20. The van der Waals surface area contributed by atoms with Gasteiger partial charge in [0.15, 0.2) is 0 Å². The average molecular weight is 394 g/mol. The number of para-hydroxylation sites is 1. The van der Waals surface area contributed by atoms with Crippen LogP contribution in [0.5, 0.6) is 0 Å². The van der Waals surface area contributed by atoms with Crippen LogP contribution in [-0.4, -0.2) is 58.2 Å². The lowest BCUT2D eigenvalue weighted by Gasteiger charge is -2.35. The van der Waals surface area contributed by atoms with Crippen molar-refractivity contribution in [2.45, 2.75) is 13.0 Å². The number of piperazine rings is 1. The van der Waals surface area contributed by atoms with Crippen LogP contribution < -0.4 is 4.90 Å². The third-order valence-electron chi connectivity index (χ3n) is 5.26. The van der Waals surface area contributed by atoms with Crippen molar-refractivity contribution in [3.8, 4) is 0 Å². The topological polar surface area (TPSA) is 104 Å². The van der Waals surface area contributed by atoms with E-state index < -0.39 is 11.0 Å². The number of nitrogens with zero attached hydrogens (tertiary/aromatic N) is 4. The van der Waals surface area contributed by atoms with Gasteiger partial charge in [0.05, 0.1) is 17.2 Å². The molecule has 0 unspecified atom stereocenters. The van der Waals surface area contributed by atoms with Gasteiger partial charge >= 0.3 is 6.03 Å². The SMILES string of the molecule is Cc1cc(C(=O)N2CCN3C(=O)N(c4ccccc4)C(=O)[C@H]3C2)ccc1[N+](=O)[O-]. The number of nitro groups is 1. The Balaban J connectivity index is 1.55. The third-order valence-corrected chi connectivity index (χ3v) is 5.26. The van der Waals surface area contributed by atoms with E-state index in [-0.39, 0.29) is 43.2 Å². The second kappa shape index (κ2) is 7.01. The van der Waals surface area contributed by atoms with Crippen molar-refractivity contribution in [3.63, 3.8) is 0 Å². The number of carbonyl (C=O) groups excluding carboxylic acids is 3. The molecule has 9 heteroatoms. The molecule has 0 aromatic heterocycles. The molecule has 0 aliphatic carbocycles. The average Bonchev–Trinajstić information content (AvgIpc) is 2.97. The van der Waals surface area contributed by atoms with E-state index >= 15 is 0 Å². The number of carbonyl (C=O) groups is 3. The van der Waals surface area contributed by atoms with Gasteiger partial charge in [0.1, 0.15) is 6.04 Å². The lowest BCUT2D eigenvalue weighted by molar-refractivity contribution is -0.385. The number of imide groups is 1. The number of urea groups is 1. The van der Waals surface area contributed by atoms with E-state index in [4.69, 9.17) is 0 Å². The molecule has 0 saturated carbocycles. The minimum atomic E-state index is -0.737. The number of fused-ring (bicyclic) bond motifs is 1. The van der Waals surface area contributed by atoms with Gasteiger partial charge in [0, 0.05) is 30.3 Å². The number of hydrogen-bond acceptors (Lipinski definition) is 5. The van der Waals surface area contributed by atoms with Gasteiger partial charge in [-0.3, -0.25) is 19.7 Å². The minimum Gasteiger partial charge on any atom is -0.334 e. The molecule has 2 aliphatic heterocycles. The number of amides is 4. The number of hydrogen-bond donors (Lipinski definition) is 0. The second-order valence-electron chi connectivity index (χ2n) is 7.01. The molecule has 9 nitrogen and oxygen atoms in total. The van der Waals surface area contributed by atoms with E-state index in [1.54, 1.807) is 37.3 Å². The smallest absolute Gasteiger partial charge is 0.332 e. The summed E-state index contributed by atoms with van der Waals surface area (Å²) in [5, 5.41) is 11.0. The first-order valence-electron chi connectivity index (χ1n) is 9.12. The lowest BCUT2D eigenvalue weighted by atomic mass is 10.1. The van der Waals surface area contributed by atoms with Crippen LogP contribution in [0.15, 0.2) is 48.5 Å². The number of benzene rings is 2. The number of rotatable bonds is 3. The summed E-state index contributed by atoms with van der Waals surface area (Å²) in [6.07, 6.45) is 0. The highest BCUT2D eigenvalue weighted by Crippen LogP contribution is 2.28. The van der Waals surface area contributed by atoms with Gasteiger partial charge in [0.2, 0.25) is 0 Å². The Morgan fingerprint density at radius 3 is 2.48 bits per heavy atom. The van der Waals surface area contributed by atoms with Gasteiger partial charge in [-0.25, -0.2) is 9.69 Å². The molecule has 2 fully saturated rings. The molecule has 2 heterocycles. The van der Waals surface area contributed by atoms with Crippen LogP contribution in [-0.2, 0) is 4.79 Å². The van der Waals surface area contributed by atoms with Crippen LogP contribution in [0.4, 0.5) is 16.2 Å². The normalized spacial score (nSPS) is 18.8. The molecule has 2 aromatic carbocycles. The van der Waals surface area contributed by atoms with Crippen LogP contribution in [0.2, 0.25) is 0 Å². The van der Waals surface area contributed by atoms with Gasteiger partial charge in [-0.05, 0) is 31.2 Å². The Labute approximate surface area is 166 Å². The molecule has 0 spiro atoms. The van der Waals surface area contributed by atoms with Crippen molar-refractivity contribution in [3.05, 3.63) is 69.8 Å². The van der Waals surface area contributed by atoms with E-state index in [1.165, 1.54) is 28.0 Å². The maximum Gasteiger partial charge on any atom is 0.332 e. The van der Waals surface area contributed by atoms with Gasteiger partial charge in [-0.2, -0.15) is 0 Å². The lowest BCUT2D eigenvalue weighted by Crippen LogP contribution is -2.54. The fourth-order valence-corrected chi connectivity index (χ4v) is 3.77. The van der Waals surface area contributed by atoms with Crippen molar-refractivity contribution < 1.29 is 19.3 Å². The summed E-state index contributed by atoms with van der Waals surface area (Å²) in [6.45, 7) is 2.19. The highest BCUT2D eigenvalue weighted by Gasteiger charge is 2.49. The molecule has 0 N–H and O–H groups in total. The Morgan fingerprint density at radius 2 is 1.83 bits per heavy atom. The van der Waals surface area contributed by atoms with Crippen LogP contribution >= 0.6 is 0 Å². The summed E-state index contributed by atoms with van der Waals surface area (Å²) in [7, 11) is 0. The fraction of sp³-hybridized carbons (Fsp3) is 0.250. The number of anilines is 1. The van der Waals surface area contributed by atoms with E-state index in [9.17, 15) is 24.5 Å². The molecule has 4 amide bonds. The quantitative estimate of drug-likeness (QED) is 0.451. The van der Waals surface area contributed by atoms with Crippen LogP contribution in [0.25, 0.3) is 0 Å². The molecule has 29 heavy (non-hydrogen) atoms. The largest absolute Gasteiger partial charge is 0.334 e. The van der Waals surface area contributed by atoms with Gasteiger partial charge in [-0.1, -0.05) is 18.2 Å². The van der Waals surface area contributed by atoms with Gasteiger partial charge < -0.3 is 9.80 Å². The summed E-state index contributed by atoms with van der Waals surface area (Å²) in [6, 6.07) is 11.8. The monoisotopic (exact) mass is 394 g/mol. The molecule has 148 valence electrons. The zero-order chi connectivity index (χ0) is 20.7. The molecular formula is C20H18N4O5. The van der Waals surface area contributed by atoms with Crippen molar-refractivity contribution in [1.29, 1.82) is 0 Å². The Kier molecular flexibility index (Phi) is 4.50. The van der Waals surface area contributed by atoms with Crippen LogP contribution in [0.1, 0.15) is 15.9 Å². The summed E-state index contributed by atoms with van der Waals surface area (Å²) in [5.74, 6) is -0.681. The minimum absolute atomic E-state index is 0.0542. The van der Waals surface area contributed by atoms with Crippen molar-refractivity contribution >= 4 is 29.2 Å². The first-order valence-corrected chi connectivity index (χ1v) is 9.12. The summed E-state index contributed by atoms with van der Waals surface area (Å²) in [5.41, 5.74) is 1.15. The Morgan fingerprint density at radius 1 is 1.10 bits per heavy atom. The number of aryl methyl sites for hydroxylation is 1. The maximum atomic E-state index is 12.9. The Hall–Kier alpha value is -3.75. The predicted molar refractivity (Wildman–Crippen MR) is 104 cm³/mol. The third kappa shape index (κ3) is 3.10. The summed E-state index contributed by atoms with van der Waals surface area (Å²) in [4.78, 5) is 53.1. The number of nitro benzene ring substituents is 1. The van der Waals surface area contributed by atoms with E-state index in [2.05, 4.69) is 0 Å². The van der Waals surface area contributed by atoms with E-state index in [0.29, 0.717) is 16.8 Å². The standard InChI is InChI=1S/C20H18N4O5/c1-13-11-14(7-8-16(13)24(28)29)18(25)21-9-10-22-17(12-21)19(26)23(20(22)27)15-5-3-2-4-6-15/h2-8,11,17H,9-10,12H2,1H3/t17-/m1/s1. The molecular weight excluding hydrogens is 376 g/mol. The van der Waals surface area contributed by atoms with Crippen molar-refractivity contribution in [1.82, 2.24) is 9.80 Å². The molecule has 4 rings (SSSR count). The van der Waals surface area contributed by atoms with Crippen molar-refractivity contribution in [2.75, 3.05) is 24.5 Å². The Bertz CT molecular complexity index is 1020. The molecule has 0 bridgehead atoms. The zero-order valence-corrected chi connectivity index (χ0v) is 15.6. The first-order chi connectivity index (χ1) is 13.9. The molecule has 1 atom stereocenters. The first kappa shape index (κ1) is 18.6. The van der Waals surface area contributed by atoms with Crippen LogP contribution in [0, 0.1) is 17.0 Å². The van der Waals surface area contributed by atoms with Gasteiger partial charge in [-0.15, -0.1) is 0 Å². The van der Waals surface area contributed by atoms with Crippen LogP contribution in [0.3, 0.4) is 0 Å². The maximum absolute atomic E-state index is 12.9. The summed E-state index contributed by atoms with van der Waals surface area (Å²) >= 11 is 0. The second-order valence-corrected chi connectivity index (χ2v) is 7.01. The molecule has 2 aliphatic rings. The highest BCUT2D eigenvalue weighted by atomic mass is 16.6. The van der Waals surface area contributed by atoms with E-state index in [0.717, 1.165) is 4.90 Å². The highest BCUT2D eigenvalue weighted by molar-refractivity contribution is 6.21. The molecule has 2 aromatic rings. The molecule has 0 radical (unpaired) electrons. The van der Waals surface area contributed by atoms with Gasteiger partial charge in [0.25, 0.3) is 17.5 Å². The molecule has 2 saturated heterocycles. The fourth-order valence-electron chi connectivity index (χ4n) is 3.77. The zero-order valence-electron chi connectivity index (χ0n) is 15.6. The van der Waals surface area contributed by atoms with E-state index in [1.807, 2.05) is 0 Å². The summed E-state index contributed by atoms with van der Waals surface area (Å²) < 4.78 is 0. The van der Waals surface area contributed by atoms with Crippen molar-refractivity contribution in [2.24, 2.45) is 0 Å².